The maximum atomic E-state index is 12.3. The van der Waals surface area contributed by atoms with E-state index < -0.39 is 0 Å². The number of benzene rings is 1. The Hall–Kier alpha value is -3.85. The van der Waals surface area contributed by atoms with Crippen molar-refractivity contribution in [1.82, 2.24) is 34.8 Å². The number of carbonyl (C=O) groups excluding carboxylic acids is 1. The van der Waals surface area contributed by atoms with Crippen LogP contribution in [-0.2, 0) is 16.6 Å². The molecular weight excluding hydrogens is 454 g/mol. The quantitative estimate of drug-likeness (QED) is 0.380. The highest BCUT2D eigenvalue weighted by Crippen LogP contribution is 2.33. The van der Waals surface area contributed by atoms with Gasteiger partial charge >= 0.3 is 0 Å². The van der Waals surface area contributed by atoms with Crippen LogP contribution in [0.4, 0.5) is 0 Å². The van der Waals surface area contributed by atoms with E-state index in [0.717, 1.165) is 53.5 Å². The molecule has 1 fully saturated rings. The molecule has 9 heteroatoms. The minimum atomic E-state index is 0.0748. The molecule has 1 aliphatic rings. The number of hydrogen-bond donors (Lipinski definition) is 1. The number of aromatic nitrogens is 6. The molecule has 4 aromatic rings. The maximum Gasteiger partial charge on any atom is 0.223 e. The third-order valence-corrected chi connectivity index (χ3v) is 6.79. The lowest BCUT2D eigenvalue weighted by Crippen LogP contribution is -2.35. The molecule has 1 aromatic carbocycles. The van der Waals surface area contributed by atoms with Crippen molar-refractivity contribution in [2.45, 2.75) is 31.7 Å². The molecule has 1 aliphatic carbocycles. The van der Waals surface area contributed by atoms with Crippen molar-refractivity contribution in [3.05, 3.63) is 61.4 Å². The molecule has 5 rings (SSSR count). The predicted molar refractivity (Wildman–Crippen MR) is 137 cm³/mol. The molecule has 186 valence electrons. The highest BCUT2D eigenvalue weighted by Gasteiger charge is 2.27. The Morgan fingerprint density at radius 2 is 1.67 bits per heavy atom. The third-order valence-electron chi connectivity index (χ3n) is 6.79. The van der Waals surface area contributed by atoms with E-state index in [2.05, 4.69) is 43.8 Å². The summed E-state index contributed by atoms with van der Waals surface area (Å²) in [4.78, 5) is 21.6. The standard InChI is InChI=1S/C27H31N7O2/c1-33-17-23(15-31-33)20-4-3-5-21(12-20)26-29-13-22(14-30-26)24-16-32-34(18-24)25-8-6-19(7-9-25)27(35)28-10-11-36-2/h3-5,12-19,25H,6-11H2,1-2H3,(H,28,35). The monoisotopic (exact) mass is 485 g/mol. The maximum absolute atomic E-state index is 12.3. The summed E-state index contributed by atoms with van der Waals surface area (Å²) >= 11 is 0. The van der Waals surface area contributed by atoms with Crippen LogP contribution in [0.2, 0.25) is 0 Å². The van der Waals surface area contributed by atoms with Crippen LogP contribution in [0.1, 0.15) is 31.7 Å². The van der Waals surface area contributed by atoms with Gasteiger partial charge in [0, 0.05) is 73.7 Å². The summed E-state index contributed by atoms with van der Waals surface area (Å²) in [6.07, 6.45) is 15.1. The van der Waals surface area contributed by atoms with Crippen LogP contribution in [0.25, 0.3) is 33.6 Å². The zero-order valence-corrected chi connectivity index (χ0v) is 20.7. The summed E-state index contributed by atoms with van der Waals surface area (Å²) in [5.41, 5.74) is 5.02. The molecule has 0 saturated heterocycles. The molecule has 0 atom stereocenters. The second kappa shape index (κ2) is 10.8. The van der Waals surface area contributed by atoms with Gasteiger partial charge < -0.3 is 10.1 Å². The van der Waals surface area contributed by atoms with Crippen molar-refractivity contribution in [3.8, 4) is 33.6 Å². The number of carbonyl (C=O) groups is 1. The number of ether oxygens (including phenoxy) is 1. The smallest absolute Gasteiger partial charge is 0.223 e. The van der Waals surface area contributed by atoms with E-state index in [-0.39, 0.29) is 11.8 Å². The number of methoxy groups -OCH3 is 1. The first-order chi connectivity index (χ1) is 17.6. The summed E-state index contributed by atoms with van der Waals surface area (Å²) in [6, 6.07) is 8.47. The second-order valence-electron chi connectivity index (χ2n) is 9.28. The van der Waals surface area contributed by atoms with Gasteiger partial charge in [-0.15, -0.1) is 0 Å². The van der Waals surface area contributed by atoms with Crippen LogP contribution in [0.3, 0.4) is 0 Å². The fourth-order valence-corrected chi connectivity index (χ4v) is 4.74. The fraction of sp³-hybridized carbons (Fsp3) is 0.370. The first-order valence-electron chi connectivity index (χ1n) is 12.3. The van der Waals surface area contributed by atoms with Gasteiger partial charge in [0.15, 0.2) is 5.82 Å². The van der Waals surface area contributed by atoms with Crippen LogP contribution in [0, 0.1) is 5.92 Å². The molecule has 3 heterocycles. The summed E-state index contributed by atoms with van der Waals surface area (Å²) in [7, 11) is 3.55. The predicted octanol–water partition coefficient (Wildman–Crippen LogP) is 3.90. The molecule has 0 spiro atoms. The number of nitrogens with zero attached hydrogens (tertiary/aromatic N) is 6. The lowest BCUT2D eigenvalue weighted by atomic mass is 9.85. The lowest BCUT2D eigenvalue weighted by Gasteiger charge is -2.28. The Bertz CT molecular complexity index is 1300. The summed E-state index contributed by atoms with van der Waals surface area (Å²) in [6.45, 7) is 1.11. The molecule has 0 unspecified atom stereocenters. The van der Waals surface area contributed by atoms with Crippen molar-refractivity contribution in [1.29, 1.82) is 0 Å². The molecule has 1 saturated carbocycles. The Balaban J connectivity index is 1.22. The van der Waals surface area contributed by atoms with Crippen molar-refractivity contribution < 1.29 is 9.53 Å². The van der Waals surface area contributed by atoms with Crippen LogP contribution in [-0.4, -0.2) is 55.7 Å². The highest BCUT2D eigenvalue weighted by atomic mass is 16.5. The van der Waals surface area contributed by atoms with Gasteiger partial charge in [-0.1, -0.05) is 18.2 Å². The van der Waals surface area contributed by atoms with Gasteiger partial charge in [-0.05, 0) is 37.3 Å². The van der Waals surface area contributed by atoms with Crippen LogP contribution in [0.15, 0.2) is 61.4 Å². The molecule has 0 aliphatic heterocycles. The minimum absolute atomic E-state index is 0.0748. The highest BCUT2D eigenvalue weighted by molar-refractivity contribution is 5.78. The first kappa shape index (κ1) is 23.9. The van der Waals surface area contributed by atoms with E-state index in [1.165, 1.54) is 0 Å². The largest absolute Gasteiger partial charge is 0.383 e. The topological polar surface area (TPSA) is 99.8 Å². The number of nitrogens with one attached hydrogen (secondary N) is 1. The Kier molecular flexibility index (Phi) is 7.18. The molecule has 36 heavy (non-hydrogen) atoms. The van der Waals surface area contributed by atoms with E-state index in [1.807, 2.05) is 54.8 Å². The Labute approximate surface area is 210 Å². The second-order valence-corrected chi connectivity index (χ2v) is 9.28. The lowest BCUT2D eigenvalue weighted by molar-refractivity contribution is -0.126. The first-order valence-corrected chi connectivity index (χ1v) is 12.3. The van der Waals surface area contributed by atoms with E-state index in [9.17, 15) is 4.79 Å². The van der Waals surface area contributed by atoms with Crippen molar-refractivity contribution in [3.63, 3.8) is 0 Å². The third kappa shape index (κ3) is 5.36. The summed E-state index contributed by atoms with van der Waals surface area (Å²) < 4.78 is 8.83. The van der Waals surface area contributed by atoms with E-state index >= 15 is 0 Å². The van der Waals surface area contributed by atoms with Crippen molar-refractivity contribution in [2.75, 3.05) is 20.3 Å². The van der Waals surface area contributed by atoms with E-state index in [1.54, 1.807) is 11.8 Å². The molecule has 1 N–H and O–H groups in total. The fourth-order valence-electron chi connectivity index (χ4n) is 4.74. The SMILES string of the molecule is COCCNC(=O)C1CCC(n2cc(-c3cnc(-c4cccc(-c5cnn(C)c5)c4)nc3)cn2)CC1. The number of hydrogen-bond acceptors (Lipinski definition) is 6. The van der Waals surface area contributed by atoms with E-state index in [4.69, 9.17) is 4.74 Å². The number of rotatable bonds is 8. The van der Waals surface area contributed by atoms with Gasteiger partial charge in [-0.2, -0.15) is 10.2 Å². The van der Waals surface area contributed by atoms with Crippen LogP contribution in [0.5, 0.6) is 0 Å². The average Bonchev–Trinajstić information content (AvgIpc) is 3.59. The molecule has 9 nitrogen and oxygen atoms in total. The van der Waals surface area contributed by atoms with Crippen molar-refractivity contribution >= 4 is 5.91 Å². The van der Waals surface area contributed by atoms with Gasteiger partial charge in [-0.25, -0.2) is 9.97 Å². The molecule has 1 amide bonds. The van der Waals surface area contributed by atoms with Gasteiger partial charge in [0.05, 0.1) is 25.0 Å². The van der Waals surface area contributed by atoms with Crippen LogP contribution >= 0.6 is 0 Å². The van der Waals surface area contributed by atoms with Crippen molar-refractivity contribution in [2.24, 2.45) is 13.0 Å². The molecule has 0 bridgehead atoms. The summed E-state index contributed by atoms with van der Waals surface area (Å²) in [5, 5.41) is 11.8. The Morgan fingerprint density at radius 1 is 0.944 bits per heavy atom. The van der Waals surface area contributed by atoms with Gasteiger partial charge in [0.25, 0.3) is 0 Å². The zero-order chi connectivity index (χ0) is 24.9. The normalized spacial score (nSPS) is 17.7. The minimum Gasteiger partial charge on any atom is -0.383 e. The van der Waals surface area contributed by atoms with Gasteiger partial charge in [-0.3, -0.25) is 14.2 Å². The van der Waals surface area contributed by atoms with Gasteiger partial charge in [0.2, 0.25) is 5.91 Å². The average molecular weight is 486 g/mol. The van der Waals surface area contributed by atoms with E-state index in [0.29, 0.717) is 25.0 Å². The zero-order valence-electron chi connectivity index (χ0n) is 20.7. The summed E-state index contributed by atoms with van der Waals surface area (Å²) in [5.74, 6) is 0.889. The number of amides is 1. The Morgan fingerprint density at radius 3 is 2.39 bits per heavy atom. The number of aryl methyl sites for hydroxylation is 1. The van der Waals surface area contributed by atoms with Crippen LogP contribution < -0.4 is 5.32 Å². The van der Waals surface area contributed by atoms with Gasteiger partial charge in [0.1, 0.15) is 0 Å². The molecule has 0 radical (unpaired) electrons. The molecular formula is C27H31N7O2. The molecule has 3 aromatic heterocycles.